The van der Waals surface area contributed by atoms with Gasteiger partial charge in [-0.3, -0.25) is 0 Å². The van der Waals surface area contributed by atoms with E-state index in [1.807, 2.05) is 18.4 Å². The molecule has 1 unspecified atom stereocenters. The largest absolute Gasteiger partial charge is 0.493 e. The number of hydrogen-bond donors (Lipinski definition) is 2. The van der Waals surface area contributed by atoms with Crippen molar-refractivity contribution in [2.24, 2.45) is 0 Å². The van der Waals surface area contributed by atoms with Crippen LogP contribution in [-0.4, -0.2) is 38.2 Å². The van der Waals surface area contributed by atoms with Gasteiger partial charge in [-0.25, -0.2) is 0 Å². The van der Waals surface area contributed by atoms with Crippen molar-refractivity contribution in [3.8, 4) is 11.5 Å². The second kappa shape index (κ2) is 9.10. The Bertz CT molecular complexity index is 412. The molecule has 4 nitrogen and oxygen atoms in total. The first-order chi connectivity index (χ1) is 9.65. The van der Waals surface area contributed by atoms with E-state index in [-0.39, 0.29) is 6.10 Å². The number of aliphatic hydroxyl groups is 1. The summed E-state index contributed by atoms with van der Waals surface area (Å²) in [6, 6.07) is 3.98. The summed E-state index contributed by atoms with van der Waals surface area (Å²) in [5.41, 5.74) is 1.15. The highest BCUT2D eigenvalue weighted by Gasteiger charge is 2.11. The maximum Gasteiger partial charge on any atom is 0.161 e. The number of aliphatic hydroxyl groups excluding tert-OH is 1. The topological polar surface area (TPSA) is 50.7 Å². The van der Waals surface area contributed by atoms with Crippen molar-refractivity contribution in [3.05, 3.63) is 17.7 Å². The quantitative estimate of drug-likeness (QED) is 0.687. The molecular weight excluding hydrogens is 274 g/mol. The number of rotatable bonds is 9. The molecule has 0 bridgehead atoms. The number of nitrogens with one attached hydrogen (secondary N) is 1. The van der Waals surface area contributed by atoms with Crippen molar-refractivity contribution in [2.45, 2.75) is 37.3 Å². The van der Waals surface area contributed by atoms with Crippen LogP contribution in [0.25, 0.3) is 0 Å². The van der Waals surface area contributed by atoms with E-state index < -0.39 is 0 Å². The van der Waals surface area contributed by atoms with Gasteiger partial charge in [-0.15, -0.1) is 11.8 Å². The monoisotopic (exact) mass is 299 g/mol. The van der Waals surface area contributed by atoms with Crippen molar-refractivity contribution in [3.63, 3.8) is 0 Å². The van der Waals surface area contributed by atoms with E-state index in [4.69, 9.17) is 9.47 Å². The fourth-order valence-corrected chi connectivity index (χ4v) is 2.66. The van der Waals surface area contributed by atoms with Crippen molar-refractivity contribution < 1.29 is 14.6 Å². The van der Waals surface area contributed by atoms with Gasteiger partial charge in [-0.2, -0.15) is 0 Å². The van der Waals surface area contributed by atoms with Gasteiger partial charge < -0.3 is 19.9 Å². The second-order valence-electron chi connectivity index (χ2n) is 4.59. The molecule has 0 saturated heterocycles. The van der Waals surface area contributed by atoms with Crippen molar-refractivity contribution >= 4 is 11.8 Å². The average molecular weight is 299 g/mol. The van der Waals surface area contributed by atoms with Gasteiger partial charge in [-0.1, -0.05) is 13.3 Å². The zero-order valence-corrected chi connectivity index (χ0v) is 13.5. The molecule has 0 aliphatic carbocycles. The summed E-state index contributed by atoms with van der Waals surface area (Å²) < 4.78 is 10.6. The Balaban J connectivity index is 2.73. The lowest BCUT2D eigenvalue weighted by Crippen LogP contribution is -2.26. The summed E-state index contributed by atoms with van der Waals surface area (Å²) in [5, 5.41) is 13.0. The van der Waals surface area contributed by atoms with Gasteiger partial charge in [0, 0.05) is 18.0 Å². The third kappa shape index (κ3) is 4.89. The fraction of sp³-hybridized carbons (Fsp3) is 0.600. The normalized spacial score (nSPS) is 12.2. The number of thioether (sulfide) groups is 1. The molecule has 0 aliphatic heterocycles. The smallest absolute Gasteiger partial charge is 0.161 e. The van der Waals surface area contributed by atoms with Crippen LogP contribution in [0, 0.1) is 0 Å². The van der Waals surface area contributed by atoms with Gasteiger partial charge >= 0.3 is 0 Å². The third-order valence-electron chi connectivity index (χ3n) is 3.10. The standard InChI is InChI=1S/C15H25NO3S/c1-5-6-12(17)10-16-9-11-7-13(18-2)14(19-3)8-15(11)20-4/h7-8,12,16-17H,5-6,9-10H2,1-4H3. The second-order valence-corrected chi connectivity index (χ2v) is 5.44. The van der Waals surface area contributed by atoms with Gasteiger partial charge in [0.2, 0.25) is 0 Å². The molecule has 0 radical (unpaired) electrons. The maximum atomic E-state index is 9.72. The highest BCUT2D eigenvalue weighted by Crippen LogP contribution is 2.34. The zero-order chi connectivity index (χ0) is 15.0. The summed E-state index contributed by atoms with van der Waals surface area (Å²) in [5.74, 6) is 1.47. The molecule has 0 saturated carbocycles. The molecule has 0 fully saturated rings. The van der Waals surface area contributed by atoms with Gasteiger partial charge in [0.05, 0.1) is 20.3 Å². The highest BCUT2D eigenvalue weighted by molar-refractivity contribution is 7.98. The van der Waals surface area contributed by atoms with Crippen LogP contribution in [0.4, 0.5) is 0 Å². The Morgan fingerprint density at radius 3 is 2.45 bits per heavy atom. The summed E-state index contributed by atoms with van der Waals surface area (Å²) in [6.07, 6.45) is 3.58. The van der Waals surface area contributed by atoms with Crippen LogP contribution < -0.4 is 14.8 Å². The Kier molecular flexibility index (Phi) is 7.80. The van der Waals surface area contributed by atoms with Gasteiger partial charge in [0.15, 0.2) is 11.5 Å². The first kappa shape index (κ1) is 17.1. The molecule has 0 aromatic heterocycles. The predicted molar refractivity (Wildman–Crippen MR) is 83.9 cm³/mol. The molecule has 2 N–H and O–H groups in total. The van der Waals surface area contributed by atoms with Crippen molar-refractivity contribution in [2.75, 3.05) is 27.0 Å². The van der Waals surface area contributed by atoms with E-state index in [1.54, 1.807) is 26.0 Å². The van der Waals surface area contributed by atoms with E-state index >= 15 is 0 Å². The van der Waals surface area contributed by atoms with Crippen molar-refractivity contribution in [1.82, 2.24) is 5.32 Å². The van der Waals surface area contributed by atoms with Crippen LogP contribution in [0.5, 0.6) is 11.5 Å². The average Bonchev–Trinajstić information content (AvgIpc) is 2.46. The Hall–Kier alpha value is -0.910. The zero-order valence-electron chi connectivity index (χ0n) is 12.7. The van der Waals surface area contributed by atoms with Crippen LogP contribution in [0.1, 0.15) is 25.3 Å². The maximum absolute atomic E-state index is 9.72. The number of benzene rings is 1. The molecule has 5 heteroatoms. The van der Waals surface area contributed by atoms with Crippen LogP contribution >= 0.6 is 11.8 Å². The molecular formula is C15H25NO3S. The molecule has 0 spiro atoms. The van der Waals surface area contributed by atoms with E-state index in [9.17, 15) is 5.11 Å². The first-order valence-electron chi connectivity index (χ1n) is 6.83. The van der Waals surface area contributed by atoms with Gasteiger partial charge in [-0.05, 0) is 30.4 Å². The van der Waals surface area contributed by atoms with Crippen molar-refractivity contribution in [1.29, 1.82) is 0 Å². The lowest BCUT2D eigenvalue weighted by molar-refractivity contribution is 0.160. The molecule has 1 aromatic carbocycles. The van der Waals surface area contributed by atoms with E-state index in [0.717, 1.165) is 34.8 Å². The lowest BCUT2D eigenvalue weighted by atomic mass is 10.1. The molecule has 20 heavy (non-hydrogen) atoms. The van der Waals surface area contributed by atoms with Crippen LogP contribution in [0.2, 0.25) is 0 Å². The molecule has 1 rings (SSSR count). The fourth-order valence-electron chi connectivity index (χ4n) is 2.04. The predicted octanol–water partition coefficient (Wildman–Crippen LogP) is 2.68. The Morgan fingerprint density at radius 1 is 1.25 bits per heavy atom. The van der Waals surface area contributed by atoms with E-state index in [2.05, 4.69) is 12.2 Å². The first-order valence-corrected chi connectivity index (χ1v) is 8.06. The molecule has 0 heterocycles. The highest BCUT2D eigenvalue weighted by atomic mass is 32.2. The molecule has 114 valence electrons. The molecule has 1 aromatic rings. The summed E-state index contributed by atoms with van der Waals surface area (Å²) in [4.78, 5) is 1.15. The minimum absolute atomic E-state index is 0.280. The number of hydrogen-bond acceptors (Lipinski definition) is 5. The molecule has 1 atom stereocenters. The number of ether oxygens (including phenoxy) is 2. The minimum Gasteiger partial charge on any atom is -0.493 e. The number of methoxy groups -OCH3 is 2. The lowest BCUT2D eigenvalue weighted by Gasteiger charge is -2.15. The molecule has 0 aliphatic rings. The SMILES string of the molecule is CCCC(O)CNCc1cc(OC)c(OC)cc1SC. The summed E-state index contributed by atoms with van der Waals surface area (Å²) in [6.45, 7) is 3.39. The summed E-state index contributed by atoms with van der Waals surface area (Å²) in [7, 11) is 3.28. The van der Waals surface area contributed by atoms with Crippen LogP contribution in [0.3, 0.4) is 0 Å². The van der Waals surface area contributed by atoms with E-state index in [0.29, 0.717) is 13.1 Å². The summed E-state index contributed by atoms with van der Waals surface area (Å²) >= 11 is 1.68. The Morgan fingerprint density at radius 2 is 1.90 bits per heavy atom. The minimum atomic E-state index is -0.280. The Labute approximate surface area is 125 Å². The van der Waals surface area contributed by atoms with Crippen LogP contribution in [0.15, 0.2) is 17.0 Å². The molecule has 0 amide bonds. The van der Waals surface area contributed by atoms with Gasteiger partial charge in [0.1, 0.15) is 0 Å². The van der Waals surface area contributed by atoms with Gasteiger partial charge in [0.25, 0.3) is 0 Å². The third-order valence-corrected chi connectivity index (χ3v) is 3.92. The van der Waals surface area contributed by atoms with E-state index in [1.165, 1.54) is 0 Å². The van der Waals surface area contributed by atoms with Crippen LogP contribution in [-0.2, 0) is 6.54 Å².